The van der Waals surface area contributed by atoms with E-state index in [1.165, 1.54) is 15.5 Å². The first-order valence-corrected chi connectivity index (χ1v) is 8.99. The summed E-state index contributed by atoms with van der Waals surface area (Å²) in [5, 5.41) is 4.50. The molecule has 1 aromatic rings. The van der Waals surface area contributed by atoms with Crippen LogP contribution in [0.5, 0.6) is 0 Å². The average molecular weight is 300 g/mol. The van der Waals surface area contributed by atoms with Gasteiger partial charge in [0.05, 0.1) is 0 Å². The Morgan fingerprint density at radius 1 is 1.38 bits per heavy atom. The fraction of sp³-hybridized carbons (Fsp3) is 0.583. The van der Waals surface area contributed by atoms with Crippen molar-refractivity contribution >= 4 is 32.1 Å². The molecule has 16 heavy (non-hydrogen) atoms. The molecule has 86 valence electrons. The number of rotatable bonds is 2. The molecule has 0 spiro atoms. The summed E-state index contributed by atoms with van der Waals surface area (Å²) in [6, 6.07) is 4.31. The van der Waals surface area contributed by atoms with Crippen molar-refractivity contribution < 1.29 is 4.79 Å². The van der Waals surface area contributed by atoms with Crippen LogP contribution in [0.3, 0.4) is 0 Å². The number of nitrogens with zero attached hydrogens (tertiary/aromatic N) is 1. The van der Waals surface area contributed by atoms with Gasteiger partial charge in [0.2, 0.25) is 0 Å². The van der Waals surface area contributed by atoms with Crippen LogP contribution in [-0.2, 0) is 11.3 Å². The molecule has 2 fully saturated rings. The van der Waals surface area contributed by atoms with E-state index in [1.807, 2.05) is 11.3 Å². The molecule has 2 saturated heterocycles. The zero-order valence-corrected chi connectivity index (χ0v) is 11.6. The SMILES string of the molecule is O=C1C2C[Se]CC1CN(Cc1cccs1)C2. The standard InChI is InChI=1S/C12H15NOSSe/c14-12-9-4-13(5-10(12)8-16-7-9)6-11-2-1-3-15-11/h1-3,9-10H,4-8H2. The fourth-order valence-electron chi connectivity index (χ4n) is 2.59. The van der Waals surface area contributed by atoms with Gasteiger partial charge in [0.1, 0.15) is 0 Å². The Kier molecular flexibility index (Phi) is 3.16. The van der Waals surface area contributed by atoms with Crippen LogP contribution < -0.4 is 0 Å². The van der Waals surface area contributed by atoms with Gasteiger partial charge in [-0.2, -0.15) is 0 Å². The molecule has 3 rings (SSSR count). The summed E-state index contributed by atoms with van der Waals surface area (Å²) in [6.45, 7) is 3.06. The summed E-state index contributed by atoms with van der Waals surface area (Å²) >= 11 is 2.56. The van der Waals surface area contributed by atoms with Crippen molar-refractivity contribution in [3.8, 4) is 0 Å². The molecule has 0 saturated carbocycles. The van der Waals surface area contributed by atoms with Gasteiger partial charge in [-0.15, -0.1) is 0 Å². The topological polar surface area (TPSA) is 20.3 Å². The molecule has 0 radical (unpaired) electrons. The molecule has 1 aromatic heterocycles. The molecular formula is C12H15NOSSe. The van der Waals surface area contributed by atoms with Crippen molar-refractivity contribution in [2.24, 2.45) is 11.8 Å². The van der Waals surface area contributed by atoms with Gasteiger partial charge in [-0.3, -0.25) is 0 Å². The number of carbonyl (C=O) groups is 1. The van der Waals surface area contributed by atoms with E-state index in [4.69, 9.17) is 0 Å². The average Bonchev–Trinajstić information content (AvgIpc) is 2.72. The number of thiophene rings is 1. The molecule has 3 heterocycles. The molecule has 2 bridgehead atoms. The summed E-state index contributed by atoms with van der Waals surface area (Å²) < 4.78 is 0. The second-order valence-electron chi connectivity index (χ2n) is 4.61. The predicted octanol–water partition coefficient (Wildman–Crippen LogP) is 1.92. The van der Waals surface area contributed by atoms with Gasteiger partial charge in [0.25, 0.3) is 0 Å². The summed E-state index contributed by atoms with van der Waals surface area (Å²) in [5.74, 6) is 1.30. The van der Waals surface area contributed by atoms with Crippen molar-refractivity contribution in [2.75, 3.05) is 13.1 Å². The molecule has 2 aliphatic rings. The van der Waals surface area contributed by atoms with Crippen molar-refractivity contribution in [3.63, 3.8) is 0 Å². The van der Waals surface area contributed by atoms with Gasteiger partial charge in [0.15, 0.2) is 0 Å². The number of piperidine rings is 1. The number of hydrogen-bond acceptors (Lipinski definition) is 3. The van der Waals surface area contributed by atoms with E-state index in [-0.39, 0.29) is 0 Å². The Morgan fingerprint density at radius 2 is 2.12 bits per heavy atom. The van der Waals surface area contributed by atoms with Crippen LogP contribution in [0.4, 0.5) is 0 Å². The van der Waals surface area contributed by atoms with Crippen LogP contribution in [0.15, 0.2) is 17.5 Å². The molecule has 4 heteroatoms. The van der Waals surface area contributed by atoms with E-state index < -0.39 is 0 Å². The van der Waals surface area contributed by atoms with Crippen LogP contribution >= 0.6 is 11.3 Å². The van der Waals surface area contributed by atoms with Gasteiger partial charge < -0.3 is 0 Å². The number of hydrogen-bond donors (Lipinski definition) is 0. The quantitative estimate of drug-likeness (QED) is 0.778. The zero-order chi connectivity index (χ0) is 11.0. The van der Waals surface area contributed by atoms with Gasteiger partial charge in [-0.25, -0.2) is 0 Å². The van der Waals surface area contributed by atoms with Crippen molar-refractivity contribution in [1.82, 2.24) is 4.90 Å². The van der Waals surface area contributed by atoms with Crippen LogP contribution in [0.2, 0.25) is 10.6 Å². The number of likely N-dealkylation sites (tertiary alicyclic amines) is 1. The summed E-state index contributed by atoms with van der Waals surface area (Å²) in [4.78, 5) is 15.9. The van der Waals surface area contributed by atoms with E-state index in [1.54, 1.807) is 0 Å². The number of Topliss-reactive ketones (excluding diaryl/α,β-unsaturated/α-hetero) is 1. The minimum absolute atomic E-state index is 0.368. The van der Waals surface area contributed by atoms with Crippen LogP contribution in [0, 0.1) is 11.8 Å². The van der Waals surface area contributed by atoms with E-state index in [9.17, 15) is 4.79 Å². The predicted molar refractivity (Wildman–Crippen MR) is 67.0 cm³/mol. The van der Waals surface area contributed by atoms with Crippen LogP contribution in [0.25, 0.3) is 0 Å². The molecule has 2 atom stereocenters. The van der Waals surface area contributed by atoms with E-state index in [0.29, 0.717) is 17.6 Å². The zero-order valence-electron chi connectivity index (χ0n) is 9.09. The maximum atomic E-state index is 11.9. The molecule has 0 N–H and O–H groups in total. The Bertz CT molecular complexity index is 362. The molecule has 0 aromatic carbocycles. The second kappa shape index (κ2) is 4.61. The van der Waals surface area contributed by atoms with Gasteiger partial charge in [-0.1, -0.05) is 0 Å². The third-order valence-electron chi connectivity index (χ3n) is 3.36. The summed E-state index contributed by atoms with van der Waals surface area (Å²) in [6.07, 6.45) is 0. The normalized spacial score (nSPS) is 30.6. The van der Waals surface area contributed by atoms with E-state index in [0.717, 1.165) is 34.6 Å². The van der Waals surface area contributed by atoms with Crippen molar-refractivity contribution in [3.05, 3.63) is 22.4 Å². The number of fused-ring (bicyclic) bond motifs is 2. The first-order valence-electron chi connectivity index (χ1n) is 5.69. The van der Waals surface area contributed by atoms with Crippen LogP contribution in [-0.4, -0.2) is 38.7 Å². The Labute approximate surface area is 106 Å². The first-order chi connectivity index (χ1) is 7.83. The summed E-state index contributed by atoms with van der Waals surface area (Å²) in [7, 11) is 0. The molecule has 2 unspecified atom stereocenters. The number of ketones is 1. The Hall–Kier alpha value is -0.151. The third-order valence-corrected chi connectivity index (χ3v) is 6.90. The minimum atomic E-state index is 0.368. The summed E-state index contributed by atoms with van der Waals surface area (Å²) in [5.41, 5.74) is 0. The van der Waals surface area contributed by atoms with Gasteiger partial charge in [-0.05, 0) is 0 Å². The second-order valence-corrected chi connectivity index (χ2v) is 7.89. The molecular weight excluding hydrogens is 285 g/mol. The van der Waals surface area contributed by atoms with E-state index in [2.05, 4.69) is 22.4 Å². The first kappa shape index (κ1) is 11.0. The molecule has 0 aliphatic carbocycles. The number of carbonyl (C=O) groups excluding carboxylic acids is 1. The molecule has 2 nitrogen and oxygen atoms in total. The monoisotopic (exact) mass is 301 g/mol. The maximum absolute atomic E-state index is 11.9. The van der Waals surface area contributed by atoms with Gasteiger partial charge >= 0.3 is 106 Å². The third kappa shape index (κ3) is 2.12. The van der Waals surface area contributed by atoms with Gasteiger partial charge in [0, 0.05) is 0 Å². The van der Waals surface area contributed by atoms with Crippen molar-refractivity contribution in [1.29, 1.82) is 0 Å². The Balaban J connectivity index is 1.68. The fourth-order valence-corrected chi connectivity index (χ4v) is 5.94. The van der Waals surface area contributed by atoms with E-state index >= 15 is 0 Å². The molecule has 0 amide bonds. The molecule has 2 aliphatic heterocycles. The Morgan fingerprint density at radius 3 is 2.75 bits per heavy atom. The van der Waals surface area contributed by atoms with Crippen LogP contribution in [0.1, 0.15) is 4.88 Å². The van der Waals surface area contributed by atoms with Crippen molar-refractivity contribution in [2.45, 2.75) is 17.2 Å².